The molecule has 0 saturated carbocycles. The molecular weight excluding hydrogens is 1240 g/mol. The highest BCUT2D eigenvalue weighted by Gasteiger charge is 2.26. The third kappa shape index (κ3) is 80.4. The van der Waals surface area contributed by atoms with E-state index in [9.17, 15) is 19.0 Å². The van der Waals surface area contributed by atoms with Crippen molar-refractivity contribution in [2.75, 3.05) is 26.4 Å². The number of unbranched alkanes of at least 4 members (excludes halogenated alkanes) is 13. The number of hydrogen-bond donors (Lipinski definition) is 2. The Morgan fingerprint density at radius 2 is 0.525 bits per heavy atom. The standard InChI is InChI=1S/C89H136NO8P/c1-3-5-7-9-11-13-15-17-19-21-23-25-27-29-31-33-35-37-39-41-43-45-47-49-51-53-55-57-59-61-63-65-67-69-71-73-75-77-79-81-88(91)95-85-87(86-97-99(93,94)96-84-83-90)98-89(92)82-80-78-76-74-72-70-68-66-64-62-60-58-56-54-52-50-48-46-44-42-40-38-36-34-32-30-28-26-24-22-20-18-16-14-12-10-8-6-4-2/h5-8,11-14,17-20,23-26,29-32,35-38,41-44,47-50,53-56,59-62,66,68,87H,3-4,9-10,15-16,21-22,27-28,33-34,39-40,45-46,51-52,57-58,63-65,67,69-86,90H2,1-2H3,(H,93,94)/b7-5-,8-6-,13-11-,14-12-,19-17-,20-18-,25-23-,26-24-,31-29-,32-30-,37-35-,38-36-,43-41-,44-42-,49-47-,50-48-,55-53-,56-54-,61-59-,62-60-,68-66-. The molecular formula is C89H136NO8P. The van der Waals surface area contributed by atoms with Crippen molar-refractivity contribution in [3.63, 3.8) is 0 Å². The van der Waals surface area contributed by atoms with Gasteiger partial charge in [-0.15, -0.1) is 0 Å². The minimum atomic E-state index is -4.42. The molecule has 0 bridgehead atoms. The van der Waals surface area contributed by atoms with Gasteiger partial charge in [-0.05, 0) is 173 Å². The van der Waals surface area contributed by atoms with E-state index in [0.717, 1.165) is 193 Å². The van der Waals surface area contributed by atoms with Crippen LogP contribution < -0.4 is 5.73 Å². The number of ether oxygens (including phenoxy) is 2. The van der Waals surface area contributed by atoms with E-state index in [4.69, 9.17) is 24.3 Å². The molecule has 0 heterocycles. The van der Waals surface area contributed by atoms with Gasteiger partial charge in [0.2, 0.25) is 0 Å². The smallest absolute Gasteiger partial charge is 0.462 e. The van der Waals surface area contributed by atoms with Gasteiger partial charge in [0.1, 0.15) is 6.61 Å². The molecule has 0 aliphatic rings. The fourth-order valence-corrected chi connectivity index (χ4v) is 10.1. The van der Waals surface area contributed by atoms with Gasteiger partial charge in [-0.1, -0.05) is 327 Å². The molecule has 550 valence electrons. The summed E-state index contributed by atoms with van der Waals surface area (Å²) in [6.45, 7) is 3.45. The third-order valence-corrected chi connectivity index (χ3v) is 15.9. The first-order chi connectivity index (χ1) is 48.8. The summed E-state index contributed by atoms with van der Waals surface area (Å²) in [7, 11) is -4.42. The Balaban J connectivity index is 4.05. The molecule has 0 fully saturated rings. The lowest BCUT2D eigenvalue weighted by Crippen LogP contribution is -2.29. The fraction of sp³-hybridized carbons (Fsp3) is 0.506. The zero-order valence-electron chi connectivity index (χ0n) is 61.9. The van der Waals surface area contributed by atoms with Crippen LogP contribution in [0.4, 0.5) is 0 Å². The number of carbonyl (C=O) groups excluding carboxylic acids is 2. The van der Waals surface area contributed by atoms with Crippen molar-refractivity contribution >= 4 is 19.8 Å². The van der Waals surface area contributed by atoms with Crippen LogP contribution in [0.15, 0.2) is 255 Å². The Hall–Kier alpha value is -6.45. The van der Waals surface area contributed by atoms with Gasteiger partial charge in [0.05, 0.1) is 13.2 Å². The molecule has 0 aliphatic carbocycles. The summed E-state index contributed by atoms with van der Waals surface area (Å²) in [5.41, 5.74) is 5.40. The van der Waals surface area contributed by atoms with E-state index in [2.05, 4.69) is 269 Å². The van der Waals surface area contributed by atoms with Crippen molar-refractivity contribution in [1.29, 1.82) is 0 Å². The van der Waals surface area contributed by atoms with Crippen molar-refractivity contribution in [1.82, 2.24) is 0 Å². The summed E-state index contributed by atoms with van der Waals surface area (Å²) >= 11 is 0. The minimum Gasteiger partial charge on any atom is -0.462 e. The predicted molar refractivity (Wildman–Crippen MR) is 430 cm³/mol. The molecule has 0 radical (unpaired) electrons. The summed E-state index contributed by atoms with van der Waals surface area (Å²) < 4.78 is 33.2. The molecule has 0 aliphatic heterocycles. The van der Waals surface area contributed by atoms with Crippen LogP contribution in [-0.4, -0.2) is 49.3 Å². The third-order valence-electron chi connectivity index (χ3n) is 14.9. The first-order valence-electron chi connectivity index (χ1n) is 38.2. The van der Waals surface area contributed by atoms with E-state index in [-0.39, 0.29) is 32.6 Å². The average Bonchev–Trinajstić information content (AvgIpc) is 1.35. The number of rotatable bonds is 68. The second-order valence-corrected chi connectivity index (χ2v) is 25.5. The van der Waals surface area contributed by atoms with Gasteiger partial charge in [0.15, 0.2) is 6.10 Å². The van der Waals surface area contributed by atoms with Crippen molar-refractivity contribution in [2.45, 2.75) is 264 Å². The van der Waals surface area contributed by atoms with Crippen molar-refractivity contribution in [3.05, 3.63) is 255 Å². The number of esters is 2. The van der Waals surface area contributed by atoms with E-state index in [1.54, 1.807) is 0 Å². The summed E-state index contributed by atoms with van der Waals surface area (Å²) in [6.07, 6.45) is 129. The van der Waals surface area contributed by atoms with Crippen LogP contribution in [-0.2, 0) is 32.7 Å². The summed E-state index contributed by atoms with van der Waals surface area (Å²) in [4.78, 5) is 35.4. The number of phosphoric acid groups is 1. The van der Waals surface area contributed by atoms with Gasteiger partial charge < -0.3 is 20.1 Å². The molecule has 0 aromatic carbocycles. The van der Waals surface area contributed by atoms with Crippen LogP contribution in [0.5, 0.6) is 0 Å². The van der Waals surface area contributed by atoms with Crippen LogP contribution in [0.25, 0.3) is 0 Å². The second kappa shape index (κ2) is 80.5. The Morgan fingerprint density at radius 1 is 0.303 bits per heavy atom. The number of hydrogen-bond acceptors (Lipinski definition) is 8. The zero-order valence-corrected chi connectivity index (χ0v) is 62.7. The molecule has 3 N–H and O–H groups in total. The van der Waals surface area contributed by atoms with Crippen molar-refractivity contribution in [2.24, 2.45) is 5.73 Å². The fourth-order valence-electron chi connectivity index (χ4n) is 9.37. The first kappa shape index (κ1) is 92.5. The van der Waals surface area contributed by atoms with Gasteiger partial charge in [-0.25, -0.2) is 4.57 Å². The van der Waals surface area contributed by atoms with E-state index >= 15 is 0 Å². The molecule has 99 heavy (non-hydrogen) atoms. The highest BCUT2D eigenvalue weighted by atomic mass is 31.2. The zero-order chi connectivity index (χ0) is 71.5. The maximum Gasteiger partial charge on any atom is 0.472 e. The Labute approximate surface area is 605 Å². The molecule has 0 aromatic rings. The lowest BCUT2D eigenvalue weighted by atomic mass is 10.1. The van der Waals surface area contributed by atoms with E-state index < -0.39 is 32.5 Å². The molecule has 0 rings (SSSR count). The van der Waals surface area contributed by atoms with Gasteiger partial charge in [0.25, 0.3) is 0 Å². The molecule has 2 atom stereocenters. The molecule has 2 unspecified atom stereocenters. The van der Waals surface area contributed by atoms with Crippen LogP contribution in [0, 0.1) is 0 Å². The average molecular weight is 1380 g/mol. The molecule has 0 spiro atoms. The SMILES string of the molecule is CC/C=C\C/C=C\C/C=C\C/C=C\C/C=C\C/C=C\C/C=C\C/C=C\C/C=C\C/C=C\C/C=C\CCCCCCCC(=O)OC(COC(=O)CCCCCCCCCC/C=C\C/C=C\C/C=C\C/C=C\C/C=C\C/C=C\C/C=C\C/C=C\C/C=C\C/C=C\CC)COP(=O)(O)OCCN. The Kier molecular flexibility index (Phi) is 75.3. The lowest BCUT2D eigenvalue weighted by Gasteiger charge is -2.19. The maximum atomic E-state index is 12.8. The monoisotopic (exact) mass is 1380 g/mol. The van der Waals surface area contributed by atoms with Crippen molar-refractivity contribution < 1.29 is 37.6 Å². The normalized spacial score (nSPS) is 14.3. The minimum absolute atomic E-state index is 0.0351. The van der Waals surface area contributed by atoms with Crippen LogP contribution >= 0.6 is 7.82 Å². The molecule has 0 amide bonds. The van der Waals surface area contributed by atoms with Crippen molar-refractivity contribution in [3.8, 4) is 0 Å². The summed E-state index contributed by atoms with van der Waals surface area (Å²) in [6, 6.07) is 0. The van der Waals surface area contributed by atoms with E-state index in [0.29, 0.717) is 12.8 Å². The van der Waals surface area contributed by atoms with Gasteiger partial charge in [-0.2, -0.15) is 0 Å². The predicted octanol–water partition coefficient (Wildman–Crippen LogP) is 26.1. The van der Waals surface area contributed by atoms with E-state index in [1.807, 2.05) is 0 Å². The van der Waals surface area contributed by atoms with E-state index in [1.165, 1.54) is 25.7 Å². The number of nitrogens with two attached hydrogens (primary N) is 1. The molecule has 10 heteroatoms. The topological polar surface area (TPSA) is 134 Å². The largest absolute Gasteiger partial charge is 0.472 e. The van der Waals surface area contributed by atoms with Crippen LogP contribution in [0.2, 0.25) is 0 Å². The molecule has 0 aromatic heterocycles. The first-order valence-corrected chi connectivity index (χ1v) is 39.7. The van der Waals surface area contributed by atoms with Gasteiger partial charge >= 0.3 is 19.8 Å². The van der Waals surface area contributed by atoms with Gasteiger partial charge in [-0.3, -0.25) is 18.6 Å². The summed E-state index contributed by atoms with van der Waals surface area (Å²) in [5.74, 6) is -0.879. The Bertz CT molecular complexity index is 2580. The number of carbonyl (C=O) groups is 2. The highest BCUT2D eigenvalue weighted by Crippen LogP contribution is 2.43. The number of phosphoric ester groups is 1. The maximum absolute atomic E-state index is 12.8. The molecule has 0 saturated heterocycles. The quantitative estimate of drug-likeness (QED) is 0.0264. The number of allylic oxidation sites excluding steroid dienone is 42. The van der Waals surface area contributed by atoms with Crippen LogP contribution in [0.3, 0.4) is 0 Å². The Morgan fingerprint density at radius 3 is 0.778 bits per heavy atom. The van der Waals surface area contributed by atoms with Crippen LogP contribution in [0.1, 0.15) is 258 Å². The lowest BCUT2D eigenvalue weighted by molar-refractivity contribution is -0.161. The molecule has 9 nitrogen and oxygen atoms in total. The second-order valence-electron chi connectivity index (χ2n) is 24.0. The highest BCUT2D eigenvalue weighted by molar-refractivity contribution is 7.47. The van der Waals surface area contributed by atoms with Gasteiger partial charge in [0, 0.05) is 19.4 Å². The summed E-state index contributed by atoms with van der Waals surface area (Å²) in [5, 5.41) is 0.